The molecule has 0 aromatic carbocycles. The molecule has 2 atom stereocenters. The van der Waals surface area contributed by atoms with Gasteiger partial charge in [-0.1, -0.05) is 0 Å². The topological polar surface area (TPSA) is 78.5 Å². The highest BCUT2D eigenvalue weighted by Crippen LogP contribution is 2.41. The van der Waals surface area contributed by atoms with Gasteiger partial charge in [0.15, 0.2) is 24.2 Å². The first-order valence-electron chi connectivity index (χ1n) is 8.96. The zero-order valence-electron chi connectivity index (χ0n) is 15.1. The molecule has 29 heavy (non-hydrogen) atoms. The van der Waals surface area contributed by atoms with E-state index in [-0.39, 0.29) is 22.9 Å². The van der Waals surface area contributed by atoms with Crippen LogP contribution in [0.25, 0.3) is 5.65 Å². The van der Waals surface area contributed by atoms with Crippen LogP contribution in [0.3, 0.4) is 0 Å². The maximum Gasteiger partial charge on any atom is 0.456 e. The van der Waals surface area contributed by atoms with Crippen molar-refractivity contribution < 1.29 is 26.7 Å². The fraction of sp³-hybridized carbons (Fsp3) is 0.588. The summed E-state index contributed by atoms with van der Waals surface area (Å²) in [6.45, 7) is -0.644. The zero-order chi connectivity index (χ0) is 20.9. The lowest BCUT2D eigenvalue weighted by molar-refractivity contribution is -0.289. The van der Waals surface area contributed by atoms with E-state index in [4.69, 9.17) is 4.74 Å². The van der Waals surface area contributed by atoms with Gasteiger partial charge in [0.1, 0.15) is 0 Å². The number of hydrogen-bond donors (Lipinski definition) is 1. The van der Waals surface area contributed by atoms with Gasteiger partial charge in [-0.15, -0.1) is 5.10 Å². The van der Waals surface area contributed by atoms with E-state index in [1.54, 1.807) is 4.90 Å². The number of anilines is 1. The van der Waals surface area contributed by atoms with E-state index in [0.29, 0.717) is 19.0 Å². The number of alkyl halides is 5. The van der Waals surface area contributed by atoms with Gasteiger partial charge >= 0.3 is 12.1 Å². The predicted octanol–water partition coefficient (Wildman–Crippen LogP) is 3.05. The summed E-state index contributed by atoms with van der Waals surface area (Å²) in [6, 6.07) is 2.66. The largest absolute Gasteiger partial charge is 0.483 e. The fourth-order valence-electron chi connectivity index (χ4n) is 4.04. The monoisotopic (exact) mass is 416 g/mol. The van der Waals surface area contributed by atoms with Crippen LogP contribution < -0.4 is 10.1 Å². The quantitative estimate of drug-likeness (QED) is 0.596. The Hall–Kier alpha value is -2.84. The molecular weight excluding hydrogens is 399 g/mol. The first kappa shape index (κ1) is 19.5. The van der Waals surface area contributed by atoms with Gasteiger partial charge in [-0.3, -0.25) is 0 Å². The third-order valence-corrected chi connectivity index (χ3v) is 5.35. The van der Waals surface area contributed by atoms with E-state index in [0.717, 1.165) is 19.3 Å². The number of likely N-dealkylation sites (tertiary alicyclic amines) is 1. The van der Waals surface area contributed by atoms with Crippen LogP contribution in [-0.2, 0) is 0 Å². The van der Waals surface area contributed by atoms with Crippen LogP contribution in [0.1, 0.15) is 19.3 Å². The molecule has 1 saturated heterocycles. The van der Waals surface area contributed by atoms with Gasteiger partial charge in [-0.25, -0.2) is 4.52 Å². The molecule has 1 saturated carbocycles. The summed E-state index contributed by atoms with van der Waals surface area (Å²) < 4.78 is 69.4. The van der Waals surface area contributed by atoms with Crippen LogP contribution in [0.2, 0.25) is 0 Å². The maximum atomic E-state index is 13.2. The molecule has 3 heterocycles. The van der Waals surface area contributed by atoms with Crippen molar-refractivity contribution in [3.05, 3.63) is 18.3 Å². The van der Waals surface area contributed by atoms with Gasteiger partial charge in [0.2, 0.25) is 5.95 Å². The first-order chi connectivity index (χ1) is 13.6. The van der Waals surface area contributed by atoms with Gasteiger partial charge in [0.05, 0.1) is 12.1 Å². The molecule has 0 radical (unpaired) electrons. The molecule has 12 heteroatoms. The Morgan fingerprint density at radius 1 is 1.34 bits per heavy atom. The van der Waals surface area contributed by atoms with Crippen LogP contribution in [0.15, 0.2) is 18.3 Å². The molecule has 1 N–H and O–H groups in total. The van der Waals surface area contributed by atoms with E-state index in [1.165, 1.54) is 22.8 Å². The number of pyridine rings is 1. The molecule has 2 fully saturated rings. The average molecular weight is 416 g/mol. The Kier molecular flexibility index (Phi) is 4.43. The number of rotatable bonds is 5. The van der Waals surface area contributed by atoms with E-state index < -0.39 is 18.7 Å². The first-order valence-corrected chi connectivity index (χ1v) is 8.96. The highest BCUT2D eigenvalue weighted by atomic mass is 19.4. The Labute approximate surface area is 162 Å². The van der Waals surface area contributed by atoms with E-state index in [2.05, 4.69) is 21.6 Å². The van der Waals surface area contributed by atoms with Crippen LogP contribution in [0.4, 0.5) is 27.9 Å². The Morgan fingerprint density at radius 2 is 2.14 bits per heavy atom. The minimum absolute atomic E-state index is 0.0203. The van der Waals surface area contributed by atoms with Crippen molar-refractivity contribution in [1.29, 1.82) is 5.26 Å². The lowest BCUT2D eigenvalue weighted by atomic mass is 9.91. The van der Waals surface area contributed by atoms with E-state index in [1.807, 2.05) is 0 Å². The predicted molar refractivity (Wildman–Crippen MR) is 90.4 cm³/mol. The molecule has 0 amide bonds. The summed E-state index contributed by atoms with van der Waals surface area (Å²) in [5.41, 5.74) is -0.361. The van der Waals surface area contributed by atoms with Crippen molar-refractivity contribution in [1.82, 2.24) is 19.5 Å². The van der Waals surface area contributed by atoms with Crippen LogP contribution in [0.5, 0.6) is 5.75 Å². The minimum Gasteiger partial charge on any atom is -0.483 e. The number of nitrogens with one attached hydrogen (secondary N) is 1. The summed E-state index contributed by atoms with van der Waals surface area (Å²) in [5, 5.41) is 16.7. The third kappa shape index (κ3) is 3.61. The SMILES string of the molecule is N#CN1CC2CCC(Nc3nc4c(OCC(F)(F)C(F)(F)F)cccn4n3)(C2)C1. The number of nitriles is 1. The molecule has 1 aliphatic carbocycles. The molecule has 1 aliphatic heterocycles. The standard InChI is InChI=1S/C17H17F5N6O/c18-16(19,17(20,21)22)9-29-12-2-1-5-28-13(12)24-14(26-28)25-15-4-3-11(6-15)7-27(8-15)10-23/h1-2,5,11H,3-4,6-9H2,(H,25,26). The van der Waals surface area contributed by atoms with Crippen molar-refractivity contribution in [2.45, 2.75) is 36.9 Å². The van der Waals surface area contributed by atoms with Gasteiger partial charge in [0.25, 0.3) is 0 Å². The molecule has 2 bridgehead atoms. The molecule has 4 rings (SSSR count). The van der Waals surface area contributed by atoms with Gasteiger partial charge in [-0.2, -0.15) is 32.2 Å². The van der Waals surface area contributed by atoms with Crippen molar-refractivity contribution in [3.8, 4) is 11.9 Å². The van der Waals surface area contributed by atoms with Crippen molar-refractivity contribution in [2.75, 3.05) is 25.0 Å². The molecule has 0 spiro atoms. The van der Waals surface area contributed by atoms with E-state index >= 15 is 0 Å². The second kappa shape index (κ2) is 6.60. The highest BCUT2D eigenvalue weighted by Gasteiger charge is 2.58. The number of ether oxygens (including phenoxy) is 1. The van der Waals surface area contributed by atoms with Gasteiger partial charge in [-0.05, 0) is 37.3 Å². The normalized spacial score (nSPS) is 24.6. The third-order valence-electron chi connectivity index (χ3n) is 5.35. The summed E-state index contributed by atoms with van der Waals surface area (Å²) in [5.74, 6) is -4.64. The van der Waals surface area contributed by atoms with E-state index in [9.17, 15) is 27.2 Å². The lowest BCUT2D eigenvalue weighted by Crippen LogP contribution is -2.50. The Balaban J connectivity index is 1.55. The smallest absolute Gasteiger partial charge is 0.456 e. The second-order valence-corrected chi connectivity index (χ2v) is 7.56. The maximum absolute atomic E-state index is 13.2. The summed E-state index contributed by atoms with van der Waals surface area (Å²) in [7, 11) is 0. The van der Waals surface area contributed by atoms with Crippen LogP contribution in [-0.4, -0.2) is 56.8 Å². The Morgan fingerprint density at radius 3 is 2.86 bits per heavy atom. The van der Waals surface area contributed by atoms with Gasteiger partial charge in [0, 0.05) is 12.7 Å². The van der Waals surface area contributed by atoms with Crippen molar-refractivity contribution in [3.63, 3.8) is 0 Å². The summed E-state index contributed by atoms with van der Waals surface area (Å²) in [6.07, 6.45) is 0.573. The van der Waals surface area contributed by atoms with Crippen molar-refractivity contribution in [2.24, 2.45) is 5.92 Å². The number of nitrogens with zero attached hydrogens (tertiary/aromatic N) is 5. The average Bonchev–Trinajstić information content (AvgIpc) is 3.18. The van der Waals surface area contributed by atoms with Crippen LogP contribution in [0, 0.1) is 17.4 Å². The molecule has 7 nitrogen and oxygen atoms in total. The van der Waals surface area contributed by atoms with Gasteiger partial charge < -0.3 is 15.0 Å². The molecular formula is C17H17F5N6O. The molecule has 2 aromatic rings. The molecule has 2 aromatic heterocycles. The summed E-state index contributed by atoms with van der Waals surface area (Å²) in [4.78, 5) is 5.90. The number of fused-ring (bicyclic) bond motifs is 3. The lowest BCUT2D eigenvalue weighted by Gasteiger charge is -2.38. The molecule has 2 unspecified atom stereocenters. The van der Waals surface area contributed by atoms with Crippen molar-refractivity contribution >= 4 is 11.6 Å². The molecule has 156 valence electrons. The summed E-state index contributed by atoms with van der Waals surface area (Å²) >= 11 is 0. The minimum atomic E-state index is -5.70. The Bertz CT molecular complexity index is 954. The fourth-order valence-corrected chi connectivity index (χ4v) is 4.04. The number of piperidine rings is 1. The number of hydrogen-bond acceptors (Lipinski definition) is 6. The molecule has 2 aliphatic rings. The highest BCUT2D eigenvalue weighted by molar-refractivity contribution is 5.56. The van der Waals surface area contributed by atoms with Crippen LogP contribution >= 0.6 is 0 Å². The number of aromatic nitrogens is 3. The number of halogens is 5. The second-order valence-electron chi connectivity index (χ2n) is 7.56. The zero-order valence-corrected chi connectivity index (χ0v) is 15.1.